The molecular weight excluding hydrogens is 320 g/mol. The van der Waals surface area contributed by atoms with Crippen molar-refractivity contribution in [2.45, 2.75) is 57.2 Å². The van der Waals surface area contributed by atoms with Crippen molar-refractivity contribution in [2.24, 2.45) is 0 Å². The van der Waals surface area contributed by atoms with Crippen LogP contribution in [0.3, 0.4) is 0 Å². The zero-order valence-corrected chi connectivity index (χ0v) is 15.8. The van der Waals surface area contributed by atoms with Gasteiger partial charge in [-0.3, -0.25) is 0 Å². The number of urea groups is 1. The fourth-order valence-corrected chi connectivity index (χ4v) is 3.30. The Bertz CT molecular complexity index is 696. The molecule has 1 aromatic heterocycles. The average Bonchev–Trinajstić information content (AvgIpc) is 2.96. The molecule has 0 saturated carbocycles. The van der Waals surface area contributed by atoms with Crippen LogP contribution in [0.25, 0.3) is 0 Å². The summed E-state index contributed by atoms with van der Waals surface area (Å²) >= 11 is 1.85. The van der Waals surface area contributed by atoms with E-state index in [4.69, 9.17) is 4.42 Å². The molecule has 5 heteroatoms. The summed E-state index contributed by atoms with van der Waals surface area (Å²) in [5.41, 5.74) is 1.88. The minimum atomic E-state index is -0.234. The Morgan fingerprint density at radius 3 is 2.54 bits per heavy atom. The van der Waals surface area contributed by atoms with Gasteiger partial charge in [-0.25, -0.2) is 4.79 Å². The standard InChI is InChI=1S/C19H26N2O2S/c1-6-14(4)24-16-8-9-17(12(2)11-16)21-19(22)20-15(5)18-10-7-13(3)23-18/h7-11,14-15H,6H2,1-5H3,(H2,20,21,22). The lowest BCUT2D eigenvalue weighted by molar-refractivity contribution is 0.247. The molecule has 0 aliphatic carbocycles. The second kappa shape index (κ2) is 8.29. The first kappa shape index (κ1) is 18.5. The Hall–Kier alpha value is -1.88. The van der Waals surface area contributed by atoms with E-state index in [-0.39, 0.29) is 12.1 Å². The highest BCUT2D eigenvalue weighted by atomic mass is 32.2. The number of carbonyl (C=O) groups is 1. The van der Waals surface area contributed by atoms with Gasteiger partial charge < -0.3 is 15.1 Å². The van der Waals surface area contributed by atoms with E-state index in [0.717, 1.165) is 29.2 Å². The molecule has 0 radical (unpaired) electrons. The predicted octanol–water partition coefficient (Wildman–Crippen LogP) is 5.67. The zero-order chi connectivity index (χ0) is 17.7. The van der Waals surface area contributed by atoms with Gasteiger partial charge in [-0.15, -0.1) is 11.8 Å². The SMILES string of the molecule is CCC(C)Sc1ccc(NC(=O)NC(C)c2ccc(C)o2)c(C)c1. The van der Waals surface area contributed by atoms with Gasteiger partial charge >= 0.3 is 6.03 Å². The van der Waals surface area contributed by atoms with Crippen LogP contribution in [0, 0.1) is 13.8 Å². The van der Waals surface area contributed by atoms with Crippen molar-refractivity contribution in [1.82, 2.24) is 5.32 Å². The number of aryl methyl sites for hydroxylation is 2. The van der Waals surface area contributed by atoms with Crippen LogP contribution in [0.4, 0.5) is 10.5 Å². The van der Waals surface area contributed by atoms with Crippen LogP contribution in [-0.4, -0.2) is 11.3 Å². The molecule has 0 spiro atoms. The van der Waals surface area contributed by atoms with E-state index >= 15 is 0 Å². The van der Waals surface area contributed by atoms with E-state index in [1.165, 1.54) is 4.90 Å². The summed E-state index contributed by atoms with van der Waals surface area (Å²) in [6.45, 7) is 10.2. The van der Waals surface area contributed by atoms with Gasteiger partial charge in [0.1, 0.15) is 11.5 Å². The number of carbonyl (C=O) groups excluding carboxylic acids is 1. The van der Waals surface area contributed by atoms with Gasteiger partial charge in [-0.05, 0) is 63.1 Å². The zero-order valence-electron chi connectivity index (χ0n) is 15.0. The fraction of sp³-hybridized carbons (Fsp3) is 0.421. The van der Waals surface area contributed by atoms with Crippen LogP contribution in [0.1, 0.15) is 50.3 Å². The van der Waals surface area contributed by atoms with E-state index in [0.29, 0.717) is 5.25 Å². The summed E-state index contributed by atoms with van der Waals surface area (Å²) in [7, 11) is 0. The largest absolute Gasteiger partial charge is 0.464 e. The first-order valence-electron chi connectivity index (χ1n) is 8.30. The van der Waals surface area contributed by atoms with Gasteiger partial charge in [0.25, 0.3) is 0 Å². The molecular formula is C19H26N2O2S. The molecule has 0 saturated heterocycles. The number of thioether (sulfide) groups is 1. The molecule has 2 rings (SSSR count). The van der Waals surface area contributed by atoms with Crippen molar-refractivity contribution in [3.8, 4) is 0 Å². The van der Waals surface area contributed by atoms with Gasteiger partial charge in [0.15, 0.2) is 0 Å². The number of furan rings is 1. The van der Waals surface area contributed by atoms with Crippen molar-refractivity contribution in [3.63, 3.8) is 0 Å². The molecule has 130 valence electrons. The summed E-state index contributed by atoms with van der Waals surface area (Å²) in [5.74, 6) is 1.59. The lowest BCUT2D eigenvalue weighted by Crippen LogP contribution is -2.31. The van der Waals surface area contributed by atoms with E-state index < -0.39 is 0 Å². The van der Waals surface area contributed by atoms with Crippen LogP contribution < -0.4 is 10.6 Å². The number of benzene rings is 1. The molecule has 0 aliphatic rings. The highest BCUT2D eigenvalue weighted by Crippen LogP contribution is 2.28. The van der Waals surface area contributed by atoms with E-state index in [1.807, 2.05) is 50.7 Å². The third-order valence-corrected chi connectivity index (χ3v) is 5.16. The topological polar surface area (TPSA) is 54.3 Å². The van der Waals surface area contributed by atoms with Crippen molar-refractivity contribution in [1.29, 1.82) is 0 Å². The highest BCUT2D eigenvalue weighted by molar-refractivity contribution is 7.99. The van der Waals surface area contributed by atoms with Crippen LogP contribution in [0.5, 0.6) is 0 Å². The Morgan fingerprint density at radius 2 is 1.96 bits per heavy atom. The maximum atomic E-state index is 12.2. The summed E-state index contributed by atoms with van der Waals surface area (Å²) in [5, 5.41) is 6.39. The number of hydrogen-bond donors (Lipinski definition) is 2. The molecule has 2 amide bonds. The van der Waals surface area contributed by atoms with Crippen LogP contribution in [-0.2, 0) is 0 Å². The first-order chi connectivity index (χ1) is 11.4. The lowest BCUT2D eigenvalue weighted by atomic mass is 10.2. The molecule has 1 aromatic carbocycles. The maximum absolute atomic E-state index is 12.2. The Kier molecular flexibility index (Phi) is 6.37. The van der Waals surface area contributed by atoms with Crippen LogP contribution in [0.15, 0.2) is 39.6 Å². The quantitative estimate of drug-likeness (QED) is 0.663. The summed E-state index contributed by atoms with van der Waals surface area (Å²) < 4.78 is 5.54. The summed E-state index contributed by atoms with van der Waals surface area (Å²) in [4.78, 5) is 13.4. The van der Waals surface area contributed by atoms with Gasteiger partial charge in [-0.2, -0.15) is 0 Å². The molecule has 1 heterocycles. The third kappa shape index (κ3) is 5.06. The van der Waals surface area contributed by atoms with Gasteiger partial charge in [-0.1, -0.05) is 13.8 Å². The van der Waals surface area contributed by atoms with Crippen molar-refractivity contribution in [2.75, 3.05) is 5.32 Å². The second-order valence-corrected chi connectivity index (χ2v) is 7.59. The number of anilines is 1. The van der Waals surface area contributed by atoms with Gasteiger partial charge in [0, 0.05) is 15.8 Å². The van der Waals surface area contributed by atoms with E-state index in [1.54, 1.807) is 0 Å². The normalized spacial score (nSPS) is 13.4. The van der Waals surface area contributed by atoms with Crippen molar-refractivity contribution in [3.05, 3.63) is 47.4 Å². The second-order valence-electron chi connectivity index (χ2n) is 6.08. The number of amides is 2. The first-order valence-corrected chi connectivity index (χ1v) is 9.18. The number of nitrogens with one attached hydrogen (secondary N) is 2. The highest BCUT2D eigenvalue weighted by Gasteiger charge is 2.13. The predicted molar refractivity (Wildman–Crippen MR) is 101 cm³/mol. The van der Waals surface area contributed by atoms with E-state index in [9.17, 15) is 4.79 Å². The lowest BCUT2D eigenvalue weighted by Gasteiger charge is -2.15. The van der Waals surface area contributed by atoms with E-state index in [2.05, 4.69) is 36.6 Å². The molecule has 0 bridgehead atoms. The minimum Gasteiger partial charge on any atom is -0.464 e. The maximum Gasteiger partial charge on any atom is 0.319 e. The monoisotopic (exact) mass is 346 g/mol. The molecule has 0 fully saturated rings. The van der Waals surface area contributed by atoms with Crippen molar-refractivity contribution < 1.29 is 9.21 Å². The number of rotatable bonds is 6. The summed E-state index contributed by atoms with van der Waals surface area (Å²) in [6, 6.07) is 9.49. The molecule has 2 unspecified atom stereocenters. The molecule has 2 atom stereocenters. The van der Waals surface area contributed by atoms with Crippen molar-refractivity contribution >= 4 is 23.5 Å². The molecule has 4 nitrogen and oxygen atoms in total. The van der Waals surface area contributed by atoms with Crippen LogP contribution in [0.2, 0.25) is 0 Å². The smallest absolute Gasteiger partial charge is 0.319 e. The molecule has 2 N–H and O–H groups in total. The summed E-state index contributed by atoms with van der Waals surface area (Å²) in [6.07, 6.45) is 1.14. The fourth-order valence-electron chi connectivity index (χ4n) is 2.28. The Labute approximate surface area is 148 Å². The third-order valence-electron chi connectivity index (χ3n) is 3.89. The minimum absolute atomic E-state index is 0.181. The van der Waals surface area contributed by atoms with Gasteiger partial charge in [0.05, 0.1) is 6.04 Å². The average molecular weight is 346 g/mol. The number of hydrogen-bond acceptors (Lipinski definition) is 3. The molecule has 0 aliphatic heterocycles. The van der Waals surface area contributed by atoms with Gasteiger partial charge in [0.2, 0.25) is 0 Å². The Balaban J connectivity index is 1.96. The molecule has 24 heavy (non-hydrogen) atoms. The molecule has 2 aromatic rings. The Morgan fingerprint density at radius 1 is 1.21 bits per heavy atom. The van der Waals surface area contributed by atoms with Crippen LogP contribution >= 0.6 is 11.8 Å².